The van der Waals surface area contributed by atoms with Crippen molar-refractivity contribution >= 4 is 17.7 Å². The number of halogens is 3. The molecule has 1 heterocycles. The Hall–Kier alpha value is -2.25. The van der Waals surface area contributed by atoms with Gasteiger partial charge in [0.25, 0.3) is 0 Å². The second kappa shape index (κ2) is 5.40. The van der Waals surface area contributed by atoms with Crippen LogP contribution in [0, 0.1) is 23.4 Å². The minimum Gasteiger partial charge on any atom is -0.465 e. The topological polar surface area (TPSA) is 69.6 Å². The number of hydrogen-bond acceptors (Lipinski definition) is 2. The molecule has 2 amide bonds. The second-order valence-electron chi connectivity index (χ2n) is 4.46. The molecule has 108 valence electrons. The first-order chi connectivity index (χ1) is 9.38. The van der Waals surface area contributed by atoms with Gasteiger partial charge in [-0.05, 0) is 6.42 Å². The van der Waals surface area contributed by atoms with Gasteiger partial charge in [-0.2, -0.15) is 0 Å². The zero-order valence-corrected chi connectivity index (χ0v) is 10.2. The van der Waals surface area contributed by atoms with Crippen LogP contribution in [0.5, 0.6) is 0 Å². The third-order valence-corrected chi connectivity index (χ3v) is 3.08. The van der Waals surface area contributed by atoms with Gasteiger partial charge in [-0.15, -0.1) is 0 Å². The maximum Gasteiger partial charge on any atom is 0.407 e. The second-order valence-corrected chi connectivity index (χ2v) is 4.46. The van der Waals surface area contributed by atoms with Gasteiger partial charge in [-0.3, -0.25) is 4.79 Å². The molecule has 0 aromatic heterocycles. The van der Waals surface area contributed by atoms with Gasteiger partial charge in [0.1, 0.15) is 0 Å². The molecule has 0 unspecified atom stereocenters. The zero-order chi connectivity index (χ0) is 14.9. The van der Waals surface area contributed by atoms with Crippen LogP contribution in [0.15, 0.2) is 12.1 Å². The fourth-order valence-electron chi connectivity index (χ4n) is 2.02. The molecule has 1 aliphatic heterocycles. The van der Waals surface area contributed by atoms with Crippen LogP contribution < -0.4 is 5.32 Å². The van der Waals surface area contributed by atoms with Crippen molar-refractivity contribution in [2.75, 3.05) is 18.4 Å². The van der Waals surface area contributed by atoms with Crippen molar-refractivity contribution in [1.82, 2.24) is 4.90 Å². The van der Waals surface area contributed by atoms with E-state index in [1.165, 1.54) is 0 Å². The summed E-state index contributed by atoms with van der Waals surface area (Å²) in [6, 6.07) is 1.33. The van der Waals surface area contributed by atoms with E-state index in [9.17, 15) is 22.8 Å². The number of hydrogen-bond donors (Lipinski definition) is 2. The third kappa shape index (κ3) is 2.84. The van der Waals surface area contributed by atoms with Crippen molar-refractivity contribution < 1.29 is 27.9 Å². The predicted molar refractivity (Wildman–Crippen MR) is 62.7 cm³/mol. The largest absolute Gasteiger partial charge is 0.465 e. The molecule has 0 spiro atoms. The van der Waals surface area contributed by atoms with E-state index in [1.807, 2.05) is 0 Å². The Bertz CT molecular complexity index is 542. The van der Waals surface area contributed by atoms with E-state index in [0.29, 0.717) is 18.6 Å². The molecule has 0 bridgehead atoms. The summed E-state index contributed by atoms with van der Waals surface area (Å²) in [6.45, 7) is 0.243. The van der Waals surface area contributed by atoms with Crippen molar-refractivity contribution in [1.29, 1.82) is 0 Å². The predicted octanol–water partition coefficient (Wildman–Crippen LogP) is 2.04. The molecule has 2 rings (SSSR count). The zero-order valence-electron chi connectivity index (χ0n) is 10.2. The third-order valence-electron chi connectivity index (χ3n) is 3.08. The number of anilines is 1. The van der Waals surface area contributed by atoms with Gasteiger partial charge >= 0.3 is 6.09 Å². The summed E-state index contributed by atoms with van der Waals surface area (Å²) < 4.78 is 38.7. The van der Waals surface area contributed by atoms with Crippen LogP contribution >= 0.6 is 0 Å². The van der Waals surface area contributed by atoms with Gasteiger partial charge in [0.05, 0.1) is 5.92 Å². The van der Waals surface area contributed by atoms with Crippen molar-refractivity contribution in [2.24, 2.45) is 5.92 Å². The van der Waals surface area contributed by atoms with Gasteiger partial charge in [0, 0.05) is 30.9 Å². The SMILES string of the molecule is O=C(Nc1cc(F)c(F)c(F)c1)[C@H]1CCN(C(=O)O)C1. The molecule has 1 aliphatic rings. The Morgan fingerprint density at radius 1 is 1.25 bits per heavy atom. The fraction of sp³-hybridized carbons (Fsp3) is 0.333. The highest BCUT2D eigenvalue weighted by atomic mass is 19.2. The van der Waals surface area contributed by atoms with Crippen LogP contribution in [0.25, 0.3) is 0 Å². The summed E-state index contributed by atoms with van der Waals surface area (Å²) in [4.78, 5) is 23.6. The normalized spacial score (nSPS) is 18.1. The van der Waals surface area contributed by atoms with E-state index in [2.05, 4.69) is 5.32 Å². The number of carbonyl (C=O) groups excluding carboxylic acids is 1. The molecule has 0 aliphatic carbocycles. The van der Waals surface area contributed by atoms with Crippen LogP contribution in [0.2, 0.25) is 0 Å². The maximum atomic E-state index is 13.0. The quantitative estimate of drug-likeness (QED) is 0.818. The Balaban J connectivity index is 2.04. The van der Waals surface area contributed by atoms with Gasteiger partial charge in [0.2, 0.25) is 5.91 Å². The minimum absolute atomic E-state index is 0.0212. The van der Waals surface area contributed by atoms with E-state index in [0.717, 1.165) is 4.90 Å². The fourth-order valence-corrected chi connectivity index (χ4v) is 2.02. The van der Waals surface area contributed by atoms with Gasteiger partial charge in [0.15, 0.2) is 17.5 Å². The van der Waals surface area contributed by atoms with Crippen molar-refractivity contribution in [3.63, 3.8) is 0 Å². The molecule has 1 atom stereocenters. The number of likely N-dealkylation sites (tertiary alicyclic amines) is 1. The molecule has 0 radical (unpaired) electrons. The molecule has 2 N–H and O–H groups in total. The minimum atomic E-state index is -1.61. The maximum absolute atomic E-state index is 13.0. The van der Waals surface area contributed by atoms with Crippen LogP contribution in [-0.2, 0) is 4.79 Å². The molecule has 8 heteroatoms. The highest BCUT2D eigenvalue weighted by molar-refractivity contribution is 5.93. The van der Waals surface area contributed by atoms with Crippen LogP contribution in [-0.4, -0.2) is 35.1 Å². The van der Waals surface area contributed by atoms with Gasteiger partial charge < -0.3 is 15.3 Å². The number of benzene rings is 1. The lowest BCUT2D eigenvalue weighted by atomic mass is 10.1. The lowest BCUT2D eigenvalue weighted by Crippen LogP contribution is -2.30. The molecule has 20 heavy (non-hydrogen) atoms. The molecular weight excluding hydrogens is 277 g/mol. The van der Waals surface area contributed by atoms with E-state index in [1.54, 1.807) is 0 Å². The number of carboxylic acid groups (broad SMARTS) is 1. The molecule has 0 saturated carbocycles. The number of amides is 2. The van der Waals surface area contributed by atoms with Crippen molar-refractivity contribution in [2.45, 2.75) is 6.42 Å². The molecule has 1 aromatic rings. The summed E-state index contributed by atoms with van der Waals surface area (Å²) in [5.41, 5.74) is -0.208. The Labute approximate surface area is 112 Å². The first-order valence-electron chi connectivity index (χ1n) is 5.81. The highest BCUT2D eigenvalue weighted by Gasteiger charge is 2.31. The van der Waals surface area contributed by atoms with E-state index >= 15 is 0 Å². The van der Waals surface area contributed by atoms with Gasteiger partial charge in [-0.1, -0.05) is 0 Å². The number of nitrogens with zero attached hydrogens (tertiary/aromatic N) is 1. The summed E-state index contributed by atoms with van der Waals surface area (Å²) in [6.07, 6.45) is -0.802. The van der Waals surface area contributed by atoms with Gasteiger partial charge in [-0.25, -0.2) is 18.0 Å². The van der Waals surface area contributed by atoms with Crippen LogP contribution in [0.4, 0.5) is 23.7 Å². The van der Waals surface area contributed by atoms with Crippen LogP contribution in [0.1, 0.15) is 6.42 Å². The lowest BCUT2D eigenvalue weighted by molar-refractivity contribution is -0.119. The average molecular weight is 288 g/mol. The van der Waals surface area contributed by atoms with Crippen molar-refractivity contribution in [3.8, 4) is 0 Å². The summed E-state index contributed by atoms with van der Waals surface area (Å²) in [5, 5.41) is 11.0. The average Bonchev–Trinajstić information content (AvgIpc) is 2.85. The monoisotopic (exact) mass is 288 g/mol. The standard InChI is InChI=1S/C12H11F3N2O3/c13-8-3-7(4-9(14)10(8)15)16-11(18)6-1-2-17(5-6)12(19)20/h3-4,6H,1-2,5H2,(H,16,18)(H,19,20)/t6-/m0/s1. The summed E-state index contributed by atoms with van der Waals surface area (Å²) in [7, 11) is 0. The first kappa shape index (κ1) is 14.2. The summed E-state index contributed by atoms with van der Waals surface area (Å²) >= 11 is 0. The highest BCUT2D eigenvalue weighted by Crippen LogP contribution is 2.21. The lowest BCUT2D eigenvalue weighted by Gasteiger charge is -2.12. The Morgan fingerprint density at radius 3 is 2.35 bits per heavy atom. The Morgan fingerprint density at radius 2 is 1.85 bits per heavy atom. The summed E-state index contributed by atoms with van der Waals surface area (Å²) in [5.74, 6) is -5.57. The Kier molecular flexibility index (Phi) is 3.82. The van der Waals surface area contributed by atoms with E-state index < -0.39 is 35.4 Å². The molecule has 1 aromatic carbocycles. The van der Waals surface area contributed by atoms with Crippen molar-refractivity contribution in [3.05, 3.63) is 29.6 Å². The number of carbonyl (C=O) groups is 2. The van der Waals surface area contributed by atoms with Crippen LogP contribution in [0.3, 0.4) is 0 Å². The molecule has 1 saturated heterocycles. The number of rotatable bonds is 2. The smallest absolute Gasteiger partial charge is 0.407 e. The molecule has 5 nitrogen and oxygen atoms in total. The van der Waals surface area contributed by atoms with E-state index in [4.69, 9.17) is 5.11 Å². The molecular formula is C12H11F3N2O3. The van der Waals surface area contributed by atoms with E-state index in [-0.39, 0.29) is 18.8 Å². The number of nitrogens with one attached hydrogen (secondary N) is 1. The molecule has 1 fully saturated rings. The first-order valence-corrected chi connectivity index (χ1v) is 5.81.